The normalized spacial score (nSPS) is 14.2. The molecule has 0 saturated carbocycles. The first-order valence-electron chi connectivity index (χ1n) is 10.0. The maximum absolute atomic E-state index is 14.2. The lowest BCUT2D eigenvalue weighted by atomic mass is 10.2. The highest BCUT2D eigenvalue weighted by molar-refractivity contribution is 7.22. The van der Waals surface area contributed by atoms with Gasteiger partial charge in [-0.1, -0.05) is 29.0 Å². The molecule has 0 N–H and O–H groups in total. The van der Waals surface area contributed by atoms with Crippen molar-refractivity contribution in [1.29, 1.82) is 0 Å². The van der Waals surface area contributed by atoms with Crippen molar-refractivity contribution in [2.24, 2.45) is 0 Å². The Morgan fingerprint density at radius 3 is 2.66 bits per heavy atom. The Morgan fingerprint density at radius 1 is 1.22 bits per heavy atom. The molecule has 1 amide bonds. The molecule has 0 radical (unpaired) electrons. The summed E-state index contributed by atoms with van der Waals surface area (Å²) in [6, 6.07) is 9.44. The molecule has 4 rings (SSSR count). The SMILES string of the molecule is Cc1ccc(OCC(=O)N(CCN2CCOCC2)c2nc3c(F)cc(F)cc3s2)cc1.Cl. The highest BCUT2D eigenvalue weighted by Crippen LogP contribution is 2.31. The number of carbonyl (C=O) groups excluding carboxylic acids is 1. The van der Waals surface area contributed by atoms with Gasteiger partial charge in [0.2, 0.25) is 0 Å². The first-order chi connectivity index (χ1) is 15.0. The Kier molecular flexibility index (Phi) is 8.36. The van der Waals surface area contributed by atoms with Crippen molar-refractivity contribution in [2.75, 3.05) is 50.9 Å². The molecule has 1 aliphatic rings. The quantitative estimate of drug-likeness (QED) is 0.507. The standard InChI is InChI=1S/C22H23F2N3O3S.ClH/c1-15-2-4-17(5-3-15)30-14-20(28)27(7-6-26-8-10-29-11-9-26)22-25-21-18(24)12-16(23)13-19(21)31-22;/h2-5,12-13H,6-11,14H2,1H3;1H. The van der Waals surface area contributed by atoms with Gasteiger partial charge < -0.3 is 9.47 Å². The molecule has 1 saturated heterocycles. The Bertz CT molecular complexity index is 1060. The Balaban J connectivity index is 0.00000289. The van der Waals surface area contributed by atoms with Gasteiger partial charge in [-0.2, -0.15) is 0 Å². The molecule has 1 aromatic heterocycles. The Hall–Kier alpha value is -2.33. The maximum Gasteiger partial charge on any atom is 0.266 e. The van der Waals surface area contributed by atoms with Gasteiger partial charge in [-0.05, 0) is 25.1 Å². The van der Waals surface area contributed by atoms with Crippen molar-refractivity contribution in [2.45, 2.75) is 6.92 Å². The highest BCUT2D eigenvalue weighted by Gasteiger charge is 2.23. The number of nitrogens with zero attached hydrogens (tertiary/aromatic N) is 3. The summed E-state index contributed by atoms with van der Waals surface area (Å²) < 4.78 is 39.1. The summed E-state index contributed by atoms with van der Waals surface area (Å²) in [6.07, 6.45) is 0. The fourth-order valence-corrected chi connectivity index (χ4v) is 4.36. The fraction of sp³-hybridized carbons (Fsp3) is 0.364. The van der Waals surface area contributed by atoms with Crippen LogP contribution in [0.5, 0.6) is 5.75 Å². The van der Waals surface area contributed by atoms with Crippen molar-refractivity contribution in [1.82, 2.24) is 9.88 Å². The molecule has 3 aromatic rings. The summed E-state index contributed by atoms with van der Waals surface area (Å²) in [4.78, 5) is 21.0. The van der Waals surface area contributed by atoms with E-state index in [1.807, 2.05) is 19.1 Å². The molecule has 1 aliphatic heterocycles. The molecule has 2 heterocycles. The van der Waals surface area contributed by atoms with Crippen LogP contribution in [0.15, 0.2) is 36.4 Å². The third kappa shape index (κ3) is 5.92. The predicted molar refractivity (Wildman–Crippen MR) is 123 cm³/mol. The summed E-state index contributed by atoms with van der Waals surface area (Å²) in [6.45, 7) is 5.62. The van der Waals surface area contributed by atoms with Gasteiger partial charge in [-0.3, -0.25) is 14.6 Å². The first-order valence-corrected chi connectivity index (χ1v) is 10.9. The molecule has 172 valence electrons. The van der Waals surface area contributed by atoms with Gasteiger partial charge in [0.15, 0.2) is 17.6 Å². The number of halogens is 3. The lowest BCUT2D eigenvalue weighted by molar-refractivity contribution is -0.120. The molecule has 2 aromatic carbocycles. The monoisotopic (exact) mass is 483 g/mol. The van der Waals surface area contributed by atoms with Crippen LogP contribution in [0.3, 0.4) is 0 Å². The van der Waals surface area contributed by atoms with Crippen molar-refractivity contribution in [3.8, 4) is 5.75 Å². The number of benzene rings is 2. The van der Waals surface area contributed by atoms with E-state index in [1.165, 1.54) is 11.0 Å². The number of carbonyl (C=O) groups is 1. The molecule has 0 unspecified atom stereocenters. The zero-order valence-corrected chi connectivity index (χ0v) is 19.2. The van der Waals surface area contributed by atoms with Crippen LogP contribution in [-0.2, 0) is 9.53 Å². The number of ether oxygens (including phenoxy) is 2. The van der Waals surface area contributed by atoms with E-state index in [-0.39, 0.29) is 30.4 Å². The lowest BCUT2D eigenvalue weighted by Crippen LogP contribution is -2.44. The predicted octanol–water partition coefficient (Wildman–Crippen LogP) is 4.05. The van der Waals surface area contributed by atoms with Crippen LogP contribution < -0.4 is 9.64 Å². The van der Waals surface area contributed by atoms with E-state index in [4.69, 9.17) is 9.47 Å². The highest BCUT2D eigenvalue weighted by atomic mass is 35.5. The number of hydrogen-bond donors (Lipinski definition) is 0. The summed E-state index contributed by atoms with van der Waals surface area (Å²) in [5, 5.41) is 0.324. The van der Waals surface area contributed by atoms with Crippen LogP contribution in [0.25, 0.3) is 10.2 Å². The average molecular weight is 484 g/mol. The molecular weight excluding hydrogens is 460 g/mol. The second-order valence-corrected chi connectivity index (χ2v) is 8.34. The fourth-order valence-electron chi connectivity index (χ4n) is 3.31. The van der Waals surface area contributed by atoms with E-state index >= 15 is 0 Å². The largest absolute Gasteiger partial charge is 0.484 e. The number of aromatic nitrogens is 1. The van der Waals surface area contributed by atoms with E-state index in [2.05, 4.69) is 9.88 Å². The molecule has 6 nitrogen and oxygen atoms in total. The average Bonchev–Trinajstić information content (AvgIpc) is 3.18. The third-order valence-electron chi connectivity index (χ3n) is 5.06. The minimum absolute atomic E-state index is 0. The maximum atomic E-state index is 14.2. The summed E-state index contributed by atoms with van der Waals surface area (Å²) in [5.41, 5.74) is 1.15. The minimum Gasteiger partial charge on any atom is -0.484 e. The number of fused-ring (bicyclic) bond motifs is 1. The second-order valence-electron chi connectivity index (χ2n) is 7.33. The zero-order chi connectivity index (χ0) is 21.8. The van der Waals surface area contributed by atoms with Crippen LogP contribution in [-0.4, -0.2) is 61.8 Å². The van der Waals surface area contributed by atoms with E-state index in [0.717, 1.165) is 36.1 Å². The van der Waals surface area contributed by atoms with Crippen molar-refractivity contribution < 1.29 is 23.0 Å². The Labute approximate surface area is 195 Å². The van der Waals surface area contributed by atoms with Crippen molar-refractivity contribution >= 4 is 45.0 Å². The molecule has 10 heteroatoms. The van der Waals surface area contributed by atoms with Crippen LogP contribution in [0, 0.1) is 18.6 Å². The smallest absolute Gasteiger partial charge is 0.266 e. The molecule has 0 bridgehead atoms. The van der Waals surface area contributed by atoms with Gasteiger partial charge >= 0.3 is 0 Å². The van der Waals surface area contributed by atoms with Gasteiger partial charge in [-0.25, -0.2) is 13.8 Å². The van der Waals surface area contributed by atoms with Crippen molar-refractivity contribution in [3.63, 3.8) is 0 Å². The molecule has 1 fully saturated rings. The summed E-state index contributed by atoms with van der Waals surface area (Å²) in [5.74, 6) is -1.12. The van der Waals surface area contributed by atoms with Gasteiger partial charge in [0, 0.05) is 32.2 Å². The summed E-state index contributed by atoms with van der Waals surface area (Å²) in [7, 11) is 0. The van der Waals surface area contributed by atoms with Crippen molar-refractivity contribution in [3.05, 3.63) is 53.6 Å². The minimum atomic E-state index is -0.742. The number of aryl methyl sites for hydroxylation is 1. The third-order valence-corrected chi connectivity index (χ3v) is 6.09. The molecule has 32 heavy (non-hydrogen) atoms. The Morgan fingerprint density at radius 2 is 1.94 bits per heavy atom. The van der Waals surface area contributed by atoms with E-state index in [0.29, 0.717) is 41.9 Å². The van der Waals surface area contributed by atoms with Crippen LogP contribution >= 0.6 is 23.7 Å². The van der Waals surface area contributed by atoms with E-state index < -0.39 is 11.6 Å². The van der Waals surface area contributed by atoms with Gasteiger partial charge in [0.05, 0.1) is 17.9 Å². The molecular formula is C22H24ClF2N3O3S. The van der Waals surface area contributed by atoms with Crippen LogP contribution in [0.4, 0.5) is 13.9 Å². The van der Waals surface area contributed by atoms with Crippen LogP contribution in [0.2, 0.25) is 0 Å². The number of rotatable bonds is 7. The topological polar surface area (TPSA) is 54.9 Å². The number of morpholine rings is 1. The summed E-state index contributed by atoms with van der Waals surface area (Å²) >= 11 is 1.09. The second kappa shape index (κ2) is 11.0. The zero-order valence-electron chi connectivity index (χ0n) is 17.6. The number of anilines is 1. The lowest BCUT2D eigenvalue weighted by Gasteiger charge is -2.29. The van der Waals surface area contributed by atoms with Gasteiger partial charge in [0.25, 0.3) is 5.91 Å². The molecule has 0 aliphatic carbocycles. The number of hydrogen-bond acceptors (Lipinski definition) is 6. The number of thiazole rings is 1. The molecule has 0 spiro atoms. The van der Waals surface area contributed by atoms with E-state index in [9.17, 15) is 13.6 Å². The molecule has 0 atom stereocenters. The van der Waals surface area contributed by atoms with Crippen LogP contribution in [0.1, 0.15) is 5.56 Å². The van der Waals surface area contributed by atoms with Gasteiger partial charge in [-0.15, -0.1) is 12.4 Å². The first kappa shape index (κ1) is 24.3. The van der Waals surface area contributed by atoms with Gasteiger partial charge in [0.1, 0.15) is 17.1 Å². The number of amides is 1. The van der Waals surface area contributed by atoms with E-state index in [1.54, 1.807) is 12.1 Å².